The molecule has 1 aromatic rings. The van der Waals surface area contributed by atoms with Crippen LogP contribution < -0.4 is 11.2 Å². The van der Waals surface area contributed by atoms with E-state index in [0.717, 1.165) is 0 Å². The lowest BCUT2D eigenvalue weighted by Crippen LogP contribution is -2.59. The minimum atomic E-state index is -1.29. The molecule has 11 heteroatoms. The van der Waals surface area contributed by atoms with Gasteiger partial charge in [-0.1, -0.05) is 11.6 Å². The highest BCUT2D eigenvalue weighted by atomic mass is 35.5. The summed E-state index contributed by atoms with van der Waals surface area (Å²) in [6.07, 6.45) is 2.99. The normalized spacial score (nSPS) is 26.0. The number of nitrogens with zero attached hydrogens (tertiary/aromatic N) is 2. The molecule has 2 aliphatic heterocycles. The number of H-pyrrole nitrogens is 1. The fourth-order valence-electron chi connectivity index (χ4n) is 4.36. The lowest BCUT2D eigenvalue weighted by Gasteiger charge is -2.51. The maximum absolute atomic E-state index is 12.3. The zero-order valence-electron chi connectivity index (χ0n) is 16.7. The number of nitrogens with one attached hydrogen (secondary N) is 1. The van der Waals surface area contributed by atoms with Gasteiger partial charge in [0.2, 0.25) is 5.91 Å². The number of piperidine rings is 1. The van der Waals surface area contributed by atoms with Crippen LogP contribution in [0.4, 0.5) is 0 Å². The fourth-order valence-corrected chi connectivity index (χ4v) is 4.51. The average molecular weight is 444 g/mol. The summed E-state index contributed by atoms with van der Waals surface area (Å²) in [6, 6.07) is -0.722. The van der Waals surface area contributed by atoms with Crippen LogP contribution in [-0.4, -0.2) is 67.4 Å². The van der Waals surface area contributed by atoms with Crippen LogP contribution in [0.3, 0.4) is 0 Å². The zero-order chi connectivity index (χ0) is 22.1. The number of rotatable bonds is 5. The van der Waals surface area contributed by atoms with Crippen molar-refractivity contribution in [3.8, 4) is 0 Å². The van der Waals surface area contributed by atoms with Crippen LogP contribution in [0.15, 0.2) is 15.8 Å². The maximum atomic E-state index is 12.3. The van der Waals surface area contributed by atoms with Crippen LogP contribution in [0.2, 0.25) is 5.02 Å². The minimum absolute atomic E-state index is 0.0367. The molecule has 2 atom stereocenters. The molecule has 1 aromatic heterocycles. The Morgan fingerprint density at radius 1 is 1.30 bits per heavy atom. The van der Waals surface area contributed by atoms with Crippen LogP contribution >= 0.6 is 11.6 Å². The van der Waals surface area contributed by atoms with Crippen molar-refractivity contribution in [3.05, 3.63) is 32.1 Å². The van der Waals surface area contributed by atoms with Gasteiger partial charge in [-0.2, -0.15) is 0 Å². The first-order valence-corrected chi connectivity index (χ1v) is 10.3. The van der Waals surface area contributed by atoms with E-state index in [1.165, 1.54) is 10.8 Å². The summed E-state index contributed by atoms with van der Waals surface area (Å²) in [7, 11) is 0. The Morgan fingerprint density at radius 2 is 1.97 bits per heavy atom. The molecule has 3 heterocycles. The number of likely N-dealkylation sites (tertiary alicyclic amines) is 1. The molecule has 0 unspecified atom stereocenters. The second-order valence-corrected chi connectivity index (χ2v) is 8.72. The summed E-state index contributed by atoms with van der Waals surface area (Å²) >= 11 is 5.84. The van der Waals surface area contributed by atoms with Gasteiger partial charge in [-0.3, -0.25) is 23.9 Å². The summed E-state index contributed by atoms with van der Waals surface area (Å²) in [5, 5.41) is 19.7. The number of halogens is 1. The van der Waals surface area contributed by atoms with Gasteiger partial charge in [0, 0.05) is 38.5 Å². The number of aromatic amines is 1. The van der Waals surface area contributed by atoms with Crippen LogP contribution in [0.5, 0.6) is 0 Å². The molecule has 2 aliphatic rings. The number of carboxylic acids is 1. The number of hydrogen-bond donors (Lipinski definition) is 3. The summed E-state index contributed by atoms with van der Waals surface area (Å²) in [5.74, 6) is -1.00. The molecule has 2 fully saturated rings. The number of aromatic nitrogens is 2. The van der Waals surface area contributed by atoms with Crippen molar-refractivity contribution in [2.45, 2.75) is 62.7 Å². The Bertz CT molecular complexity index is 931. The summed E-state index contributed by atoms with van der Waals surface area (Å²) < 4.78 is 7.30. The Labute approximate surface area is 177 Å². The molecule has 166 valence electrons. The van der Waals surface area contributed by atoms with Gasteiger partial charge < -0.3 is 19.8 Å². The molecule has 3 rings (SSSR count). The highest BCUT2D eigenvalue weighted by molar-refractivity contribution is 6.30. The predicted octanol–water partition coefficient (Wildman–Crippen LogP) is 0.519. The van der Waals surface area contributed by atoms with Crippen molar-refractivity contribution >= 4 is 23.5 Å². The quantitative estimate of drug-likeness (QED) is 0.602. The molecular formula is C19H26ClN3O7. The Kier molecular flexibility index (Phi) is 6.40. The van der Waals surface area contributed by atoms with Gasteiger partial charge in [0.1, 0.15) is 5.02 Å². The number of amides is 1. The van der Waals surface area contributed by atoms with E-state index in [4.69, 9.17) is 21.4 Å². The van der Waals surface area contributed by atoms with Crippen LogP contribution in [0, 0.1) is 0 Å². The number of aliphatic carboxylic acids is 1. The SMILES string of the molecule is C[C@]1(O)CC2(CCN(C(=O)CCCC(=O)O)CC2)OC[C@@H]1n1cc(Cl)c(=O)[nH]c1=O. The molecule has 30 heavy (non-hydrogen) atoms. The first-order chi connectivity index (χ1) is 14.0. The third-order valence-electron chi connectivity index (χ3n) is 6.01. The first kappa shape index (κ1) is 22.5. The van der Waals surface area contributed by atoms with Crippen molar-refractivity contribution in [1.29, 1.82) is 0 Å². The number of carboxylic acid groups (broad SMARTS) is 1. The standard InChI is InChI=1S/C19H26ClN3O7/c1-18(29)11-19(5-7-22(8-6-19)14(24)3-2-4-15(25)26)30-10-13(18)23-9-12(20)16(27)21-17(23)28/h9,13,29H,2-8,10-11H2,1H3,(H,25,26)(H,21,27,28)/t13-,18-/m0/s1. The first-order valence-electron chi connectivity index (χ1n) is 9.90. The van der Waals surface area contributed by atoms with E-state index >= 15 is 0 Å². The van der Waals surface area contributed by atoms with Gasteiger partial charge in [0.05, 0.1) is 23.9 Å². The van der Waals surface area contributed by atoms with Gasteiger partial charge >= 0.3 is 11.7 Å². The van der Waals surface area contributed by atoms with Crippen LogP contribution in [0.1, 0.15) is 51.5 Å². The van der Waals surface area contributed by atoms with E-state index in [1.807, 2.05) is 0 Å². The number of ether oxygens (including phenoxy) is 1. The number of aliphatic hydroxyl groups is 1. The van der Waals surface area contributed by atoms with Gasteiger partial charge in [0.25, 0.3) is 5.56 Å². The third kappa shape index (κ3) is 4.76. The molecular weight excluding hydrogens is 418 g/mol. The van der Waals surface area contributed by atoms with E-state index in [0.29, 0.717) is 32.4 Å². The molecule has 0 radical (unpaired) electrons. The van der Waals surface area contributed by atoms with E-state index in [9.17, 15) is 24.3 Å². The van der Waals surface area contributed by atoms with Crippen molar-refractivity contribution in [2.75, 3.05) is 19.7 Å². The lowest BCUT2D eigenvalue weighted by atomic mass is 9.75. The van der Waals surface area contributed by atoms with Crippen LogP contribution in [-0.2, 0) is 14.3 Å². The molecule has 0 aromatic carbocycles. The van der Waals surface area contributed by atoms with Crippen molar-refractivity contribution < 1.29 is 24.5 Å². The zero-order valence-corrected chi connectivity index (χ0v) is 17.5. The van der Waals surface area contributed by atoms with Crippen molar-refractivity contribution in [2.24, 2.45) is 0 Å². The molecule has 0 saturated carbocycles. The van der Waals surface area contributed by atoms with E-state index in [1.54, 1.807) is 11.8 Å². The predicted molar refractivity (Wildman–Crippen MR) is 107 cm³/mol. The van der Waals surface area contributed by atoms with E-state index < -0.39 is 34.5 Å². The molecule has 10 nitrogen and oxygen atoms in total. The summed E-state index contributed by atoms with van der Waals surface area (Å²) in [5.41, 5.74) is -3.27. The summed E-state index contributed by atoms with van der Waals surface area (Å²) in [6.45, 7) is 2.59. The fraction of sp³-hybridized carbons (Fsp3) is 0.684. The van der Waals surface area contributed by atoms with Crippen molar-refractivity contribution in [3.63, 3.8) is 0 Å². The molecule has 1 amide bonds. The largest absolute Gasteiger partial charge is 0.481 e. The topological polar surface area (TPSA) is 142 Å². The number of hydrogen-bond acceptors (Lipinski definition) is 6. The Balaban J connectivity index is 1.64. The minimum Gasteiger partial charge on any atom is -0.481 e. The number of carbonyl (C=O) groups excluding carboxylic acids is 1. The average Bonchev–Trinajstić information content (AvgIpc) is 2.65. The lowest BCUT2D eigenvalue weighted by molar-refractivity contribution is -0.198. The molecule has 1 spiro atoms. The van der Waals surface area contributed by atoms with Gasteiger partial charge in [-0.25, -0.2) is 4.79 Å². The van der Waals surface area contributed by atoms with E-state index in [-0.39, 0.29) is 36.8 Å². The second kappa shape index (κ2) is 8.52. The summed E-state index contributed by atoms with van der Waals surface area (Å²) in [4.78, 5) is 50.4. The second-order valence-electron chi connectivity index (χ2n) is 8.32. The maximum Gasteiger partial charge on any atom is 0.328 e. The van der Waals surface area contributed by atoms with Crippen molar-refractivity contribution in [1.82, 2.24) is 14.5 Å². The highest BCUT2D eigenvalue weighted by Crippen LogP contribution is 2.43. The monoisotopic (exact) mass is 443 g/mol. The number of carbonyl (C=O) groups is 2. The molecule has 0 bridgehead atoms. The van der Waals surface area contributed by atoms with Gasteiger partial charge in [-0.15, -0.1) is 0 Å². The molecule has 2 saturated heterocycles. The highest BCUT2D eigenvalue weighted by Gasteiger charge is 2.50. The van der Waals surface area contributed by atoms with E-state index in [2.05, 4.69) is 4.98 Å². The molecule has 0 aliphatic carbocycles. The smallest absolute Gasteiger partial charge is 0.328 e. The van der Waals surface area contributed by atoms with Gasteiger partial charge in [-0.05, 0) is 26.2 Å². The molecule has 3 N–H and O–H groups in total. The Hall–Kier alpha value is -2.17. The third-order valence-corrected chi connectivity index (χ3v) is 6.28. The van der Waals surface area contributed by atoms with Gasteiger partial charge in [0.15, 0.2) is 0 Å². The Morgan fingerprint density at radius 3 is 2.57 bits per heavy atom. The van der Waals surface area contributed by atoms with Crippen LogP contribution in [0.25, 0.3) is 0 Å².